The predicted molar refractivity (Wildman–Crippen MR) is 128 cm³/mol. The first kappa shape index (κ1) is 23.9. The maximum atomic E-state index is 13.7. The number of ether oxygens (including phenoxy) is 5. The average Bonchev–Trinajstić information content (AvgIpc) is 3.63. The van der Waals surface area contributed by atoms with Gasteiger partial charge in [-0.3, -0.25) is 18.9 Å². The molecule has 4 heterocycles. The number of hydrogen-bond donors (Lipinski definition) is 2. The molecule has 2 aliphatic rings. The van der Waals surface area contributed by atoms with E-state index in [-0.39, 0.29) is 62.1 Å². The van der Waals surface area contributed by atoms with Gasteiger partial charge >= 0.3 is 7.82 Å². The zero-order chi connectivity index (χ0) is 26.1. The minimum Gasteiger partial charge on any atom is -0.454 e. The Hall–Kier alpha value is -4.46. The summed E-state index contributed by atoms with van der Waals surface area (Å²) in [7, 11) is -4.23. The topological polar surface area (TPSA) is 180 Å². The number of aromatic nitrogens is 4. The maximum absolute atomic E-state index is 13.7. The van der Waals surface area contributed by atoms with Crippen LogP contribution in [0.2, 0.25) is 0 Å². The minimum atomic E-state index is -4.23. The van der Waals surface area contributed by atoms with Crippen molar-refractivity contribution in [2.45, 2.75) is 6.73 Å². The number of fused-ring (bicyclic) bond motifs is 3. The molecule has 0 fully saturated rings. The molecule has 16 heteroatoms. The van der Waals surface area contributed by atoms with Gasteiger partial charge in [-0.1, -0.05) is 0 Å². The molecule has 198 valence electrons. The third-order valence-corrected chi connectivity index (χ3v) is 6.69. The van der Waals surface area contributed by atoms with Gasteiger partial charge in [0.25, 0.3) is 5.56 Å². The third-order valence-electron chi connectivity index (χ3n) is 5.32. The number of nitrogens with zero attached hydrogens (tertiary/aromatic N) is 3. The Morgan fingerprint density at radius 2 is 1.58 bits per heavy atom. The molecule has 0 saturated carbocycles. The van der Waals surface area contributed by atoms with Crippen LogP contribution in [0.4, 0.5) is 5.95 Å². The molecule has 0 amide bonds. The van der Waals surface area contributed by atoms with Crippen molar-refractivity contribution in [1.29, 1.82) is 0 Å². The van der Waals surface area contributed by atoms with Crippen molar-refractivity contribution in [3.63, 3.8) is 0 Å². The van der Waals surface area contributed by atoms with Crippen molar-refractivity contribution in [3.05, 3.63) is 53.1 Å². The lowest BCUT2D eigenvalue weighted by Gasteiger charge is -2.19. The van der Waals surface area contributed by atoms with Crippen LogP contribution in [0.5, 0.6) is 34.5 Å². The van der Waals surface area contributed by atoms with Crippen molar-refractivity contribution in [1.82, 2.24) is 19.5 Å². The van der Waals surface area contributed by atoms with Crippen molar-refractivity contribution in [2.24, 2.45) is 0 Å². The molecule has 2 aromatic carbocycles. The summed E-state index contributed by atoms with van der Waals surface area (Å²) < 4.78 is 58.9. The molecule has 15 nitrogen and oxygen atoms in total. The molecule has 0 aliphatic carbocycles. The molecule has 0 bridgehead atoms. The summed E-state index contributed by atoms with van der Waals surface area (Å²) in [5, 5.41) is 0. The van der Waals surface area contributed by atoms with Gasteiger partial charge in [0.1, 0.15) is 18.2 Å². The number of phosphoric acid groups is 1. The fourth-order valence-corrected chi connectivity index (χ4v) is 4.82. The van der Waals surface area contributed by atoms with Crippen LogP contribution in [0.3, 0.4) is 0 Å². The predicted octanol–water partition coefficient (Wildman–Crippen LogP) is 2.42. The van der Waals surface area contributed by atoms with Gasteiger partial charge in [0.15, 0.2) is 34.2 Å². The summed E-state index contributed by atoms with van der Waals surface area (Å²) in [4.78, 5) is 22.4. The smallest absolute Gasteiger partial charge is 0.454 e. The highest BCUT2D eigenvalue weighted by molar-refractivity contribution is 7.49. The van der Waals surface area contributed by atoms with E-state index in [0.717, 1.165) is 0 Å². The van der Waals surface area contributed by atoms with E-state index in [2.05, 4.69) is 15.0 Å². The van der Waals surface area contributed by atoms with Crippen molar-refractivity contribution in [2.75, 3.05) is 32.5 Å². The van der Waals surface area contributed by atoms with E-state index in [4.69, 9.17) is 43.0 Å². The standard InChI is InChI=1S/C22H20N5O10P/c23-22-25-20-19(21(28)26-22)24-9-27(20)10-30-5-6-35-38(29,36-13-1-3-15-17(7-13)33-11-31-15)37-14-2-4-16-18(8-14)34-12-32-16/h1-4,7-9H,5-6,10-12H2,(H3,23,25,26,28). The number of nitrogen functional groups attached to an aromatic ring is 1. The fourth-order valence-electron chi connectivity index (χ4n) is 3.63. The summed E-state index contributed by atoms with van der Waals surface area (Å²) >= 11 is 0. The number of nitrogens with one attached hydrogen (secondary N) is 1. The van der Waals surface area contributed by atoms with Gasteiger partial charge in [-0.25, -0.2) is 9.55 Å². The lowest BCUT2D eigenvalue weighted by atomic mass is 10.3. The zero-order valence-corrected chi connectivity index (χ0v) is 20.4. The van der Waals surface area contributed by atoms with Crippen molar-refractivity contribution < 1.29 is 41.8 Å². The summed E-state index contributed by atoms with van der Waals surface area (Å²) in [6.07, 6.45) is 1.39. The Bertz CT molecular complexity index is 1540. The Morgan fingerprint density at radius 3 is 2.24 bits per heavy atom. The molecule has 4 aromatic rings. The molecular weight excluding hydrogens is 525 g/mol. The number of rotatable bonds is 10. The highest BCUT2D eigenvalue weighted by Gasteiger charge is 2.32. The molecule has 0 saturated heterocycles. The van der Waals surface area contributed by atoms with Crippen LogP contribution < -0.4 is 39.3 Å². The van der Waals surface area contributed by atoms with Gasteiger partial charge in [0, 0.05) is 12.1 Å². The first-order chi connectivity index (χ1) is 18.5. The van der Waals surface area contributed by atoms with Crippen LogP contribution in [0, 0.1) is 0 Å². The summed E-state index contributed by atoms with van der Waals surface area (Å²) in [5.74, 6) is 2.24. The highest BCUT2D eigenvalue weighted by atomic mass is 31.2. The van der Waals surface area contributed by atoms with E-state index in [1.54, 1.807) is 24.3 Å². The van der Waals surface area contributed by atoms with Gasteiger partial charge in [-0.2, -0.15) is 4.98 Å². The number of benzene rings is 2. The summed E-state index contributed by atoms with van der Waals surface area (Å²) in [6, 6.07) is 9.37. The number of nitrogens with two attached hydrogens (primary N) is 1. The van der Waals surface area contributed by atoms with Crippen LogP contribution in [0.25, 0.3) is 11.2 Å². The molecule has 0 radical (unpaired) electrons. The second-order valence-corrected chi connectivity index (χ2v) is 9.39. The van der Waals surface area contributed by atoms with E-state index >= 15 is 0 Å². The first-order valence-electron chi connectivity index (χ1n) is 11.2. The number of H-pyrrole nitrogens is 1. The van der Waals surface area contributed by atoms with Gasteiger partial charge in [-0.05, 0) is 24.3 Å². The maximum Gasteiger partial charge on any atom is 0.587 e. The molecule has 2 aromatic heterocycles. The van der Waals surface area contributed by atoms with E-state index < -0.39 is 13.4 Å². The van der Waals surface area contributed by atoms with Crippen molar-refractivity contribution >= 4 is 24.9 Å². The van der Waals surface area contributed by atoms with Crippen molar-refractivity contribution in [3.8, 4) is 34.5 Å². The molecule has 6 rings (SSSR count). The average molecular weight is 545 g/mol. The Balaban J connectivity index is 1.13. The Morgan fingerprint density at radius 1 is 0.947 bits per heavy atom. The number of aromatic amines is 1. The van der Waals surface area contributed by atoms with E-state index in [1.807, 2.05) is 0 Å². The molecule has 0 unspecified atom stereocenters. The second kappa shape index (κ2) is 9.78. The van der Waals surface area contributed by atoms with Crippen LogP contribution in [0.1, 0.15) is 0 Å². The quantitative estimate of drug-likeness (QED) is 0.219. The third kappa shape index (κ3) is 4.89. The lowest BCUT2D eigenvalue weighted by Crippen LogP contribution is -2.14. The number of hydrogen-bond acceptors (Lipinski definition) is 13. The first-order valence-corrected chi connectivity index (χ1v) is 12.6. The molecule has 2 aliphatic heterocycles. The van der Waals surface area contributed by atoms with Crippen LogP contribution in [-0.4, -0.2) is 46.3 Å². The summed E-state index contributed by atoms with van der Waals surface area (Å²) in [6.45, 7) is -0.0695. The zero-order valence-electron chi connectivity index (χ0n) is 19.5. The van der Waals surface area contributed by atoms with Gasteiger partial charge in [0.05, 0.1) is 19.5 Å². The largest absolute Gasteiger partial charge is 0.587 e. The van der Waals surface area contributed by atoms with Gasteiger partial charge in [0.2, 0.25) is 19.5 Å². The van der Waals surface area contributed by atoms with Gasteiger partial charge < -0.3 is 38.5 Å². The summed E-state index contributed by atoms with van der Waals surface area (Å²) in [5.41, 5.74) is 5.53. The minimum absolute atomic E-state index is 0.0165. The number of phosphoric ester groups is 1. The van der Waals surface area contributed by atoms with Crippen LogP contribution in [0.15, 0.2) is 47.5 Å². The Kier molecular flexibility index (Phi) is 6.15. The van der Waals surface area contributed by atoms with Crippen LogP contribution >= 0.6 is 7.82 Å². The number of imidazole rings is 1. The molecule has 0 atom stereocenters. The Labute approximate surface area is 213 Å². The highest BCUT2D eigenvalue weighted by Crippen LogP contribution is 2.52. The van der Waals surface area contributed by atoms with Crippen LogP contribution in [-0.2, 0) is 20.6 Å². The SMILES string of the molecule is Nc1nc2c(ncn2COCCOP(=O)(Oc2ccc3c(c2)OCO3)Oc2ccc3c(c2)OCO3)c(=O)[nH]1. The fraction of sp³-hybridized carbons (Fsp3) is 0.227. The molecular formula is C22H20N5O10P. The van der Waals surface area contributed by atoms with E-state index in [1.165, 1.54) is 23.0 Å². The van der Waals surface area contributed by atoms with E-state index in [9.17, 15) is 9.36 Å². The molecule has 3 N–H and O–H groups in total. The normalized spacial score (nSPS) is 13.7. The monoisotopic (exact) mass is 545 g/mol. The number of anilines is 1. The van der Waals surface area contributed by atoms with E-state index in [0.29, 0.717) is 23.0 Å². The molecule has 0 spiro atoms. The second-order valence-electron chi connectivity index (χ2n) is 7.87. The lowest BCUT2D eigenvalue weighted by molar-refractivity contribution is 0.0490. The van der Waals surface area contributed by atoms with Gasteiger partial charge in [-0.15, -0.1) is 0 Å². The molecule has 38 heavy (non-hydrogen) atoms.